The molecule has 1 atom stereocenters. The van der Waals surface area contributed by atoms with Crippen LogP contribution in [0.15, 0.2) is 47.8 Å². The van der Waals surface area contributed by atoms with Crippen molar-refractivity contribution in [2.45, 2.75) is 32.2 Å². The second-order valence-corrected chi connectivity index (χ2v) is 6.93. The number of thiophene rings is 1. The predicted molar refractivity (Wildman–Crippen MR) is 102 cm³/mol. The van der Waals surface area contributed by atoms with E-state index in [4.69, 9.17) is 4.74 Å². The maximum absolute atomic E-state index is 12.0. The molecule has 6 nitrogen and oxygen atoms in total. The molecule has 0 saturated heterocycles. The van der Waals surface area contributed by atoms with Gasteiger partial charge in [0, 0.05) is 6.42 Å². The molecule has 1 heterocycles. The number of Topliss-reactive ketones (excluding diaryl/α,β-unsaturated/α-hetero) is 2. The lowest BCUT2D eigenvalue weighted by atomic mass is 10.0. The van der Waals surface area contributed by atoms with Crippen LogP contribution in [0.3, 0.4) is 0 Å². The molecule has 0 aliphatic heterocycles. The maximum atomic E-state index is 12.0. The van der Waals surface area contributed by atoms with Gasteiger partial charge in [-0.25, -0.2) is 0 Å². The number of nitrogens with one attached hydrogen (secondary N) is 1. The molecule has 0 aliphatic rings. The van der Waals surface area contributed by atoms with Crippen molar-refractivity contribution in [3.63, 3.8) is 0 Å². The molecule has 0 radical (unpaired) electrons. The standard InChI is InChI=1S/C20H21NO5S/c1-14(22)16(12-15-6-3-2-4-7-15)21-19(24)13-26-20(25)10-9-17(23)18-8-5-11-27-18/h2-8,11,16H,9-10,12-13H2,1H3,(H,21,24)/t16-/m0/s1. The first-order valence-electron chi connectivity index (χ1n) is 8.51. The lowest BCUT2D eigenvalue weighted by Gasteiger charge is -2.16. The quantitative estimate of drug-likeness (QED) is 0.500. The number of rotatable bonds is 10. The van der Waals surface area contributed by atoms with Crippen molar-refractivity contribution >= 4 is 34.8 Å². The first-order chi connectivity index (χ1) is 13.0. The Morgan fingerprint density at radius 2 is 1.78 bits per heavy atom. The number of amides is 1. The average Bonchev–Trinajstić information content (AvgIpc) is 3.19. The smallest absolute Gasteiger partial charge is 0.306 e. The monoisotopic (exact) mass is 387 g/mol. The fraction of sp³-hybridized carbons (Fsp3) is 0.300. The van der Waals surface area contributed by atoms with Gasteiger partial charge in [-0.3, -0.25) is 19.2 Å². The summed E-state index contributed by atoms with van der Waals surface area (Å²) in [5, 5.41) is 4.37. The van der Waals surface area contributed by atoms with E-state index in [1.165, 1.54) is 18.3 Å². The number of hydrogen-bond acceptors (Lipinski definition) is 6. The molecule has 2 aromatic rings. The molecule has 142 valence electrons. The van der Waals surface area contributed by atoms with E-state index in [-0.39, 0.29) is 24.4 Å². The summed E-state index contributed by atoms with van der Waals surface area (Å²) in [6, 6.07) is 12.1. The van der Waals surface area contributed by atoms with Crippen LogP contribution >= 0.6 is 11.3 Å². The van der Waals surface area contributed by atoms with Gasteiger partial charge < -0.3 is 10.1 Å². The lowest BCUT2D eigenvalue weighted by molar-refractivity contribution is -0.148. The number of ketones is 2. The van der Waals surface area contributed by atoms with E-state index in [1.807, 2.05) is 30.3 Å². The summed E-state index contributed by atoms with van der Waals surface area (Å²) in [6.07, 6.45) is 0.306. The SMILES string of the molecule is CC(=O)[C@H](Cc1ccccc1)NC(=O)COC(=O)CCC(=O)c1cccs1. The van der Waals surface area contributed by atoms with Crippen LogP contribution in [0.4, 0.5) is 0 Å². The van der Waals surface area contributed by atoms with E-state index < -0.39 is 24.5 Å². The number of esters is 1. The summed E-state index contributed by atoms with van der Waals surface area (Å²) in [7, 11) is 0. The van der Waals surface area contributed by atoms with E-state index >= 15 is 0 Å². The molecule has 1 amide bonds. The maximum Gasteiger partial charge on any atom is 0.306 e. The van der Waals surface area contributed by atoms with Crippen molar-refractivity contribution in [3.05, 3.63) is 58.3 Å². The fourth-order valence-electron chi connectivity index (χ4n) is 2.38. The zero-order valence-electron chi connectivity index (χ0n) is 15.0. The minimum absolute atomic E-state index is 0.0328. The topological polar surface area (TPSA) is 89.5 Å². The normalized spacial score (nSPS) is 11.4. The Hall–Kier alpha value is -2.80. The summed E-state index contributed by atoms with van der Waals surface area (Å²) in [6.45, 7) is 0.917. The molecule has 0 bridgehead atoms. The van der Waals surface area contributed by atoms with Crippen LogP contribution < -0.4 is 5.32 Å². The zero-order valence-corrected chi connectivity index (χ0v) is 15.8. The van der Waals surface area contributed by atoms with Gasteiger partial charge in [0.25, 0.3) is 5.91 Å². The van der Waals surface area contributed by atoms with Crippen LogP contribution in [0, 0.1) is 0 Å². The van der Waals surface area contributed by atoms with Gasteiger partial charge in [-0.15, -0.1) is 11.3 Å². The Labute approximate surface area is 161 Å². The van der Waals surface area contributed by atoms with Crippen LogP contribution in [-0.2, 0) is 25.5 Å². The van der Waals surface area contributed by atoms with Crippen LogP contribution in [-0.4, -0.2) is 36.1 Å². The number of ether oxygens (including phenoxy) is 1. The van der Waals surface area contributed by atoms with Gasteiger partial charge in [0.2, 0.25) is 0 Å². The highest BCUT2D eigenvalue weighted by atomic mass is 32.1. The van der Waals surface area contributed by atoms with E-state index in [1.54, 1.807) is 17.5 Å². The second-order valence-electron chi connectivity index (χ2n) is 5.98. The third kappa shape index (κ3) is 7.15. The van der Waals surface area contributed by atoms with Gasteiger partial charge >= 0.3 is 5.97 Å². The molecule has 1 N–H and O–H groups in total. The van der Waals surface area contributed by atoms with Crippen LogP contribution in [0.5, 0.6) is 0 Å². The summed E-state index contributed by atoms with van der Waals surface area (Å²) in [4.78, 5) is 47.9. The van der Waals surface area contributed by atoms with Crippen molar-refractivity contribution in [2.24, 2.45) is 0 Å². The number of carbonyl (C=O) groups excluding carboxylic acids is 4. The fourth-order valence-corrected chi connectivity index (χ4v) is 3.07. The summed E-state index contributed by atoms with van der Waals surface area (Å²) in [5.41, 5.74) is 0.919. The third-order valence-electron chi connectivity index (χ3n) is 3.83. The Morgan fingerprint density at radius 3 is 2.41 bits per heavy atom. The Bertz CT molecular complexity index is 786. The van der Waals surface area contributed by atoms with Crippen LogP contribution in [0.1, 0.15) is 35.0 Å². The number of hydrogen-bond donors (Lipinski definition) is 1. The minimum atomic E-state index is -0.681. The first-order valence-corrected chi connectivity index (χ1v) is 9.39. The Kier molecular flexibility index (Phi) is 7.88. The summed E-state index contributed by atoms with van der Waals surface area (Å²) < 4.78 is 4.89. The molecule has 2 rings (SSSR count). The van der Waals surface area contributed by atoms with Crippen molar-refractivity contribution in [3.8, 4) is 0 Å². The van der Waals surface area contributed by atoms with Gasteiger partial charge in [-0.05, 0) is 30.4 Å². The Morgan fingerprint density at radius 1 is 1.04 bits per heavy atom. The lowest BCUT2D eigenvalue weighted by Crippen LogP contribution is -2.43. The third-order valence-corrected chi connectivity index (χ3v) is 4.74. The highest BCUT2D eigenvalue weighted by Gasteiger charge is 2.19. The highest BCUT2D eigenvalue weighted by Crippen LogP contribution is 2.12. The summed E-state index contributed by atoms with van der Waals surface area (Å²) in [5.74, 6) is -1.49. The highest BCUT2D eigenvalue weighted by molar-refractivity contribution is 7.12. The van der Waals surface area contributed by atoms with Crippen LogP contribution in [0.2, 0.25) is 0 Å². The average molecular weight is 387 g/mol. The van der Waals surface area contributed by atoms with E-state index in [0.717, 1.165) is 5.56 Å². The molecule has 0 spiro atoms. The minimum Gasteiger partial charge on any atom is -0.456 e. The summed E-state index contributed by atoms with van der Waals surface area (Å²) >= 11 is 1.31. The molecule has 0 unspecified atom stereocenters. The largest absolute Gasteiger partial charge is 0.456 e. The van der Waals surface area contributed by atoms with Crippen molar-refractivity contribution < 1.29 is 23.9 Å². The number of carbonyl (C=O) groups is 4. The second kappa shape index (κ2) is 10.4. The molecule has 0 fully saturated rings. The number of benzene rings is 1. The van der Waals surface area contributed by atoms with Gasteiger partial charge in [0.05, 0.1) is 17.3 Å². The van der Waals surface area contributed by atoms with Crippen molar-refractivity contribution in [1.29, 1.82) is 0 Å². The van der Waals surface area contributed by atoms with Crippen LogP contribution in [0.25, 0.3) is 0 Å². The molecule has 1 aromatic heterocycles. The van der Waals surface area contributed by atoms with Gasteiger partial charge in [-0.1, -0.05) is 36.4 Å². The molecular weight excluding hydrogens is 366 g/mol. The van der Waals surface area contributed by atoms with Gasteiger partial charge in [0.15, 0.2) is 18.2 Å². The molecule has 0 aliphatic carbocycles. The molecule has 0 saturated carbocycles. The van der Waals surface area contributed by atoms with E-state index in [9.17, 15) is 19.2 Å². The van der Waals surface area contributed by atoms with E-state index in [0.29, 0.717) is 11.3 Å². The molecule has 7 heteroatoms. The Balaban J connectivity index is 1.74. The molecule has 27 heavy (non-hydrogen) atoms. The zero-order chi connectivity index (χ0) is 19.6. The van der Waals surface area contributed by atoms with Crippen molar-refractivity contribution in [1.82, 2.24) is 5.32 Å². The first kappa shape index (κ1) is 20.5. The van der Waals surface area contributed by atoms with Crippen molar-refractivity contribution in [2.75, 3.05) is 6.61 Å². The van der Waals surface area contributed by atoms with Gasteiger partial charge in [-0.2, -0.15) is 0 Å². The molecular formula is C20H21NO5S. The predicted octanol–water partition coefficient (Wildman–Crippen LogP) is 2.57. The van der Waals surface area contributed by atoms with Gasteiger partial charge in [0.1, 0.15) is 0 Å². The molecule has 1 aromatic carbocycles. The van der Waals surface area contributed by atoms with E-state index in [2.05, 4.69) is 5.32 Å².